The van der Waals surface area contributed by atoms with Gasteiger partial charge in [-0.15, -0.1) is 0 Å². The fourth-order valence-corrected chi connectivity index (χ4v) is 3.94. The van der Waals surface area contributed by atoms with Crippen LogP contribution in [0.4, 0.5) is 5.82 Å². The summed E-state index contributed by atoms with van der Waals surface area (Å²) in [6.45, 7) is 1.53. The molecule has 142 valence electrons. The van der Waals surface area contributed by atoms with Crippen LogP contribution in [0.3, 0.4) is 0 Å². The van der Waals surface area contributed by atoms with E-state index < -0.39 is 5.60 Å². The third kappa shape index (κ3) is 3.79. The lowest BCUT2D eigenvalue weighted by Gasteiger charge is -2.40. The molecule has 0 unspecified atom stereocenters. The third-order valence-corrected chi connectivity index (χ3v) is 5.48. The molecule has 2 heterocycles. The van der Waals surface area contributed by atoms with Crippen molar-refractivity contribution in [3.05, 3.63) is 48.5 Å². The van der Waals surface area contributed by atoms with E-state index in [0.717, 1.165) is 31.2 Å². The van der Waals surface area contributed by atoms with E-state index >= 15 is 0 Å². The second-order valence-electron chi connectivity index (χ2n) is 7.35. The zero-order valence-electron chi connectivity index (χ0n) is 15.3. The van der Waals surface area contributed by atoms with E-state index in [1.165, 1.54) is 6.33 Å². The number of imidazole rings is 1. The molecule has 0 radical (unpaired) electrons. The topological polar surface area (TPSA) is 99.1 Å². The summed E-state index contributed by atoms with van der Waals surface area (Å²) >= 11 is 0. The maximum Gasteiger partial charge on any atom is 0.165 e. The van der Waals surface area contributed by atoms with Gasteiger partial charge in [0.15, 0.2) is 11.5 Å². The van der Waals surface area contributed by atoms with Crippen molar-refractivity contribution >= 4 is 17.0 Å². The Labute approximate surface area is 158 Å². The Hall–Kier alpha value is -2.51. The molecule has 1 aliphatic rings. The van der Waals surface area contributed by atoms with Crippen molar-refractivity contribution in [2.24, 2.45) is 5.92 Å². The van der Waals surface area contributed by atoms with Crippen LogP contribution in [-0.4, -0.2) is 36.8 Å². The number of aromatic nitrogens is 4. The van der Waals surface area contributed by atoms with Gasteiger partial charge in [-0.2, -0.15) is 0 Å². The van der Waals surface area contributed by atoms with Crippen LogP contribution in [0.1, 0.15) is 31.2 Å². The fraction of sp³-hybridized carbons (Fsp3) is 0.450. The van der Waals surface area contributed by atoms with Gasteiger partial charge in [0.2, 0.25) is 0 Å². The van der Waals surface area contributed by atoms with Gasteiger partial charge in [0, 0.05) is 5.92 Å². The highest BCUT2D eigenvalue weighted by Gasteiger charge is 2.39. The molecule has 0 aliphatic heterocycles. The van der Waals surface area contributed by atoms with E-state index in [4.69, 9.17) is 10.5 Å². The molecule has 3 N–H and O–H groups in total. The summed E-state index contributed by atoms with van der Waals surface area (Å²) in [5, 5.41) is 11.4. The number of nitrogens with two attached hydrogens (primary N) is 1. The summed E-state index contributed by atoms with van der Waals surface area (Å²) in [5.74, 6) is 0.434. The summed E-state index contributed by atoms with van der Waals surface area (Å²) in [6.07, 6.45) is 6.93. The van der Waals surface area contributed by atoms with Crippen molar-refractivity contribution in [3.8, 4) is 0 Å². The van der Waals surface area contributed by atoms with E-state index in [9.17, 15) is 5.11 Å². The smallest absolute Gasteiger partial charge is 0.165 e. The van der Waals surface area contributed by atoms with Gasteiger partial charge in [0.1, 0.15) is 11.8 Å². The van der Waals surface area contributed by atoms with Crippen LogP contribution >= 0.6 is 0 Å². The normalized spacial score (nSPS) is 22.9. The molecular weight excluding hydrogens is 342 g/mol. The predicted octanol–water partition coefficient (Wildman–Crippen LogP) is 2.55. The van der Waals surface area contributed by atoms with Crippen molar-refractivity contribution in [1.82, 2.24) is 19.5 Å². The van der Waals surface area contributed by atoms with Gasteiger partial charge in [-0.25, -0.2) is 15.0 Å². The first-order valence-corrected chi connectivity index (χ1v) is 9.41. The van der Waals surface area contributed by atoms with Crippen LogP contribution in [-0.2, 0) is 17.9 Å². The molecule has 0 saturated heterocycles. The largest absolute Gasteiger partial charge is 0.388 e. The molecule has 1 aromatic carbocycles. The average molecular weight is 367 g/mol. The fourth-order valence-electron chi connectivity index (χ4n) is 3.94. The van der Waals surface area contributed by atoms with Crippen LogP contribution in [0.15, 0.2) is 43.0 Å². The van der Waals surface area contributed by atoms with Gasteiger partial charge in [-0.1, -0.05) is 43.2 Å². The second kappa shape index (κ2) is 7.62. The second-order valence-corrected chi connectivity index (χ2v) is 7.35. The van der Waals surface area contributed by atoms with Crippen molar-refractivity contribution in [2.75, 3.05) is 12.3 Å². The van der Waals surface area contributed by atoms with Crippen LogP contribution in [0.2, 0.25) is 0 Å². The minimum atomic E-state index is -0.845. The predicted molar refractivity (Wildman–Crippen MR) is 103 cm³/mol. The number of ether oxygens (including phenoxy) is 1. The number of nitrogens with zero attached hydrogens (tertiary/aromatic N) is 4. The number of benzene rings is 1. The van der Waals surface area contributed by atoms with Crippen molar-refractivity contribution in [3.63, 3.8) is 0 Å². The van der Waals surface area contributed by atoms with Gasteiger partial charge in [0.05, 0.1) is 31.7 Å². The lowest BCUT2D eigenvalue weighted by molar-refractivity contribution is -0.0917. The molecule has 0 amide bonds. The van der Waals surface area contributed by atoms with Crippen LogP contribution in [0.25, 0.3) is 11.2 Å². The number of aliphatic hydroxyl groups is 1. The van der Waals surface area contributed by atoms with E-state index in [-0.39, 0.29) is 5.92 Å². The van der Waals surface area contributed by atoms with Crippen molar-refractivity contribution in [2.45, 2.75) is 44.4 Å². The summed E-state index contributed by atoms with van der Waals surface area (Å²) in [7, 11) is 0. The number of nitrogen functional groups attached to an aromatic ring is 1. The van der Waals surface area contributed by atoms with Crippen LogP contribution in [0.5, 0.6) is 0 Å². The molecule has 0 spiro atoms. The zero-order valence-corrected chi connectivity index (χ0v) is 15.3. The first-order chi connectivity index (χ1) is 13.2. The van der Waals surface area contributed by atoms with Crippen LogP contribution < -0.4 is 5.73 Å². The lowest BCUT2D eigenvalue weighted by atomic mass is 9.75. The number of rotatable bonds is 6. The van der Waals surface area contributed by atoms with Crippen molar-refractivity contribution in [1.29, 1.82) is 0 Å². The molecule has 0 bridgehead atoms. The Kier molecular flexibility index (Phi) is 5.05. The number of fused-ring (bicyclic) bond motifs is 1. The molecule has 7 nitrogen and oxygen atoms in total. The van der Waals surface area contributed by atoms with Gasteiger partial charge in [-0.3, -0.25) is 0 Å². The molecule has 2 aromatic heterocycles. The summed E-state index contributed by atoms with van der Waals surface area (Å²) in [6, 6.07) is 10.1. The molecule has 4 rings (SSSR count). The maximum atomic E-state index is 11.4. The Balaban J connectivity index is 1.47. The number of hydrogen-bond acceptors (Lipinski definition) is 6. The third-order valence-electron chi connectivity index (χ3n) is 5.48. The Morgan fingerprint density at radius 1 is 1.19 bits per heavy atom. The lowest BCUT2D eigenvalue weighted by Crippen LogP contribution is -2.46. The van der Waals surface area contributed by atoms with E-state index in [2.05, 4.69) is 27.1 Å². The van der Waals surface area contributed by atoms with E-state index in [1.54, 1.807) is 6.33 Å². The van der Waals surface area contributed by atoms with E-state index in [1.807, 2.05) is 22.8 Å². The zero-order chi connectivity index (χ0) is 18.7. The number of hydrogen-bond donors (Lipinski definition) is 2. The molecule has 27 heavy (non-hydrogen) atoms. The molecule has 2 atom stereocenters. The van der Waals surface area contributed by atoms with E-state index in [0.29, 0.717) is 36.7 Å². The average Bonchev–Trinajstić information content (AvgIpc) is 3.08. The highest BCUT2D eigenvalue weighted by molar-refractivity contribution is 5.81. The highest BCUT2D eigenvalue weighted by atomic mass is 16.5. The monoisotopic (exact) mass is 367 g/mol. The molecular formula is C20H25N5O2. The first-order valence-electron chi connectivity index (χ1n) is 9.41. The van der Waals surface area contributed by atoms with Crippen molar-refractivity contribution < 1.29 is 9.84 Å². The molecule has 1 saturated carbocycles. The van der Waals surface area contributed by atoms with Gasteiger partial charge >= 0.3 is 0 Å². The summed E-state index contributed by atoms with van der Waals surface area (Å²) in [4.78, 5) is 12.6. The Morgan fingerprint density at radius 3 is 2.89 bits per heavy atom. The first kappa shape index (κ1) is 17.9. The maximum absolute atomic E-state index is 11.4. The van der Waals surface area contributed by atoms with Gasteiger partial charge < -0.3 is 20.1 Å². The van der Waals surface area contributed by atoms with Crippen LogP contribution in [0, 0.1) is 5.92 Å². The summed E-state index contributed by atoms with van der Waals surface area (Å²) < 4.78 is 7.83. The van der Waals surface area contributed by atoms with Gasteiger partial charge in [0.25, 0.3) is 0 Å². The highest BCUT2D eigenvalue weighted by Crippen LogP contribution is 2.36. The Morgan fingerprint density at radius 2 is 2.04 bits per heavy atom. The molecule has 7 heteroatoms. The molecule has 3 aromatic rings. The molecule has 1 aliphatic carbocycles. The number of anilines is 1. The van der Waals surface area contributed by atoms with Gasteiger partial charge in [-0.05, 0) is 18.4 Å². The summed E-state index contributed by atoms with van der Waals surface area (Å²) in [5.41, 5.74) is 7.41. The minimum Gasteiger partial charge on any atom is -0.388 e. The minimum absolute atomic E-state index is 0.0756. The Bertz CT molecular complexity index is 898. The quantitative estimate of drug-likeness (QED) is 0.695. The molecule has 1 fully saturated rings. The SMILES string of the molecule is Nc1ncnc2c1ncn2C[C@]1(O)CCCC[C@H]1COCc1ccccc1. The standard InChI is InChI=1S/C20H25N5O2/c21-18-17-19(23-13-22-18)25(14-24-17)12-20(26)9-5-4-8-16(20)11-27-10-15-6-2-1-3-7-15/h1-3,6-7,13-14,16,26H,4-5,8-12H2,(H2,21,22,23)/t16-,20+/m0/s1.